The number of amides is 1. The van der Waals surface area contributed by atoms with Gasteiger partial charge in [-0.15, -0.1) is 10.2 Å². The van der Waals surface area contributed by atoms with Gasteiger partial charge in [0, 0.05) is 4.47 Å². The van der Waals surface area contributed by atoms with E-state index >= 15 is 0 Å². The highest BCUT2D eigenvalue weighted by molar-refractivity contribution is 9.10. The molecule has 94 valence electrons. The van der Waals surface area contributed by atoms with Crippen LogP contribution in [-0.4, -0.2) is 26.9 Å². The van der Waals surface area contributed by atoms with Crippen molar-refractivity contribution < 1.29 is 9.53 Å². The Morgan fingerprint density at radius 3 is 2.56 bits per heavy atom. The SMILES string of the molecule is C[C@H](Oc1ccc(Br)cc1)C(=O)Nn1cnnc1. The van der Waals surface area contributed by atoms with E-state index in [4.69, 9.17) is 4.74 Å². The molecule has 0 aliphatic rings. The highest BCUT2D eigenvalue weighted by Crippen LogP contribution is 2.17. The molecule has 1 aromatic carbocycles. The first-order valence-electron chi connectivity index (χ1n) is 5.23. The molecular formula is C11H11BrN4O2. The molecule has 1 aromatic heterocycles. The van der Waals surface area contributed by atoms with Crippen LogP contribution in [0.5, 0.6) is 5.75 Å². The number of halogens is 1. The molecule has 2 aromatic rings. The van der Waals surface area contributed by atoms with Crippen LogP contribution in [0.25, 0.3) is 0 Å². The van der Waals surface area contributed by atoms with Gasteiger partial charge in [-0.25, -0.2) is 4.68 Å². The Hall–Kier alpha value is -1.89. The van der Waals surface area contributed by atoms with Crippen LogP contribution in [-0.2, 0) is 4.79 Å². The fourth-order valence-corrected chi connectivity index (χ4v) is 1.51. The van der Waals surface area contributed by atoms with Gasteiger partial charge in [0.15, 0.2) is 6.10 Å². The van der Waals surface area contributed by atoms with Crippen LogP contribution in [0.2, 0.25) is 0 Å². The van der Waals surface area contributed by atoms with Gasteiger partial charge in [-0.3, -0.25) is 10.2 Å². The standard InChI is InChI=1S/C11H11BrN4O2/c1-8(11(17)15-16-6-13-14-7-16)18-10-4-2-9(12)3-5-10/h2-8H,1H3,(H,15,17)/t8-/m0/s1. The van der Waals surface area contributed by atoms with E-state index < -0.39 is 6.10 Å². The van der Waals surface area contributed by atoms with E-state index in [9.17, 15) is 4.79 Å². The average molecular weight is 311 g/mol. The molecule has 6 nitrogen and oxygen atoms in total. The Morgan fingerprint density at radius 1 is 1.33 bits per heavy atom. The number of ether oxygens (including phenoxy) is 1. The van der Waals surface area contributed by atoms with Crippen molar-refractivity contribution in [2.75, 3.05) is 5.43 Å². The molecule has 0 aliphatic carbocycles. The van der Waals surface area contributed by atoms with Crippen molar-refractivity contribution in [3.05, 3.63) is 41.4 Å². The number of hydrogen-bond donors (Lipinski definition) is 1. The minimum absolute atomic E-state index is 0.280. The van der Waals surface area contributed by atoms with Gasteiger partial charge in [0.25, 0.3) is 5.91 Å². The van der Waals surface area contributed by atoms with E-state index in [1.165, 1.54) is 17.3 Å². The summed E-state index contributed by atoms with van der Waals surface area (Å²) in [4.78, 5) is 11.8. The number of nitrogens with zero attached hydrogens (tertiary/aromatic N) is 3. The van der Waals surface area contributed by atoms with Gasteiger partial charge in [-0.2, -0.15) is 0 Å². The van der Waals surface area contributed by atoms with Crippen molar-refractivity contribution in [1.29, 1.82) is 0 Å². The van der Waals surface area contributed by atoms with E-state index in [2.05, 4.69) is 31.6 Å². The molecule has 1 heterocycles. The molecule has 0 fully saturated rings. The predicted molar refractivity (Wildman–Crippen MR) is 68.6 cm³/mol. The lowest BCUT2D eigenvalue weighted by Crippen LogP contribution is -2.34. The molecule has 1 amide bonds. The van der Waals surface area contributed by atoms with E-state index in [-0.39, 0.29) is 5.91 Å². The zero-order valence-electron chi connectivity index (χ0n) is 9.58. The van der Waals surface area contributed by atoms with Crippen molar-refractivity contribution in [1.82, 2.24) is 14.9 Å². The number of aromatic nitrogens is 3. The number of carbonyl (C=O) groups excluding carboxylic acids is 1. The maximum atomic E-state index is 11.8. The molecule has 18 heavy (non-hydrogen) atoms. The number of hydrogen-bond acceptors (Lipinski definition) is 4. The Balaban J connectivity index is 1.93. The van der Waals surface area contributed by atoms with Gasteiger partial charge >= 0.3 is 0 Å². The maximum Gasteiger partial charge on any atom is 0.279 e. The highest BCUT2D eigenvalue weighted by Gasteiger charge is 2.14. The zero-order chi connectivity index (χ0) is 13.0. The lowest BCUT2D eigenvalue weighted by atomic mass is 10.3. The van der Waals surface area contributed by atoms with Crippen LogP contribution in [0.15, 0.2) is 41.4 Å². The van der Waals surface area contributed by atoms with Crippen LogP contribution in [0.3, 0.4) is 0 Å². The van der Waals surface area contributed by atoms with Crippen LogP contribution < -0.4 is 10.2 Å². The minimum atomic E-state index is -0.617. The molecule has 1 N–H and O–H groups in total. The summed E-state index contributed by atoms with van der Waals surface area (Å²) in [6.45, 7) is 1.67. The van der Waals surface area contributed by atoms with Gasteiger partial charge in [-0.1, -0.05) is 15.9 Å². The van der Waals surface area contributed by atoms with Gasteiger partial charge in [-0.05, 0) is 31.2 Å². The summed E-state index contributed by atoms with van der Waals surface area (Å²) < 4.78 is 7.81. The first-order chi connectivity index (χ1) is 8.65. The lowest BCUT2D eigenvalue weighted by Gasteiger charge is -2.14. The minimum Gasteiger partial charge on any atom is -0.481 e. The van der Waals surface area contributed by atoms with Gasteiger partial charge in [0.05, 0.1) is 0 Å². The van der Waals surface area contributed by atoms with Crippen molar-refractivity contribution in [3.63, 3.8) is 0 Å². The predicted octanol–water partition coefficient (Wildman–Crippen LogP) is 1.58. The molecule has 0 aliphatic heterocycles. The number of benzene rings is 1. The Labute approximate surface area is 112 Å². The Kier molecular flexibility index (Phi) is 3.93. The summed E-state index contributed by atoms with van der Waals surface area (Å²) in [5.74, 6) is 0.349. The van der Waals surface area contributed by atoms with Crippen LogP contribution in [0.4, 0.5) is 0 Å². The summed E-state index contributed by atoms with van der Waals surface area (Å²) in [7, 11) is 0. The van der Waals surface area contributed by atoms with E-state index in [0.717, 1.165) is 4.47 Å². The molecule has 0 spiro atoms. The fraction of sp³-hybridized carbons (Fsp3) is 0.182. The molecule has 0 unspecified atom stereocenters. The first kappa shape index (κ1) is 12.6. The van der Waals surface area contributed by atoms with Crippen LogP contribution in [0, 0.1) is 0 Å². The topological polar surface area (TPSA) is 69.0 Å². The van der Waals surface area contributed by atoms with Crippen molar-refractivity contribution >= 4 is 21.8 Å². The fourth-order valence-electron chi connectivity index (χ4n) is 1.25. The monoisotopic (exact) mass is 310 g/mol. The second kappa shape index (κ2) is 5.63. The quantitative estimate of drug-likeness (QED) is 0.931. The Bertz CT molecular complexity index is 512. The Morgan fingerprint density at radius 2 is 1.94 bits per heavy atom. The summed E-state index contributed by atoms with van der Waals surface area (Å²) in [6.07, 6.45) is 2.17. The second-order valence-corrected chi connectivity index (χ2v) is 4.47. The number of nitrogens with one attached hydrogen (secondary N) is 1. The van der Waals surface area contributed by atoms with Crippen molar-refractivity contribution in [2.24, 2.45) is 0 Å². The lowest BCUT2D eigenvalue weighted by molar-refractivity contribution is -0.123. The molecule has 0 saturated carbocycles. The zero-order valence-corrected chi connectivity index (χ0v) is 11.2. The second-order valence-electron chi connectivity index (χ2n) is 3.56. The molecular weight excluding hydrogens is 300 g/mol. The molecule has 2 rings (SSSR count). The normalized spacial score (nSPS) is 11.9. The summed E-state index contributed by atoms with van der Waals surface area (Å²) >= 11 is 3.33. The first-order valence-corrected chi connectivity index (χ1v) is 6.02. The maximum absolute atomic E-state index is 11.8. The largest absolute Gasteiger partial charge is 0.481 e. The molecule has 0 bridgehead atoms. The highest BCUT2D eigenvalue weighted by atomic mass is 79.9. The summed E-state index contributed by atoms with van der Waals surface area (Å²) in [6, 6.07) is 7.26. The molecule has 0 radical (unpaired) electrons. The van der Waals surface area contributed by atoms with Gasteiger partial charge in [0.2, 0.25) is 0 Å². The molecule has 0 saturated heterocycles. The molecule has 7 heteroatoms. The summed E-state index contributed by atoms with van der Waals surface area (Å²) in [5, 5.41) is 7.16. The third-order valence-electron chi connectivity index (χ3n) is 2.15. The van der Waals surface area contributed by atoms with Crippen LogP contribution >= 0.6 is 15.9 Å². The van der Waals surface area contributed by atoms with E-state index in [1.54, 1.807) is 19.1 Å². The smallest absolute Gasteiger partial charge is 0.279 e. The van der Waals surface area contributed by atoms with Gasteiger partial charge < -0.3 is 4.74 Å². The van der Waals surface area contributed by atoms with Crippen molar-refractivity contribution in [2.45, 2.75) is 13.0 Å². The van der Waals surface area contributed by atoms with E-state index in [1.807, 2.05) is 12.1 Å². The van der Waals surface area contributed by atoms with Gasteiger partial charge in [0.1, 0.15) is 18.4 Å². The number of carbonyl (C=O) groups is 1. The average Bonchev–Trinajstić information content (AvgIpc) is 2.85. The molecule has 1 atom stereocenters. The summed E-state index contributed by atoms with van der Waals surface area (Å²) in [5.41, 5.74) is 2.57. The number of rotatable bonds is 4. The third-order valence-corrected chi connectivity index (χ3v) is 2.68. The van der Waals surface area contributed by atoms with Crippen molar-refractivity contribution in [3.8, 4) is 5.75 Å². The third kappa shape index (κ3) is 3.30. The van der Waals surface area contributed by atoms with E-state index in [0.29, 0.717) is 5.75 Å². The van der Waals surface area contributed by atoms with Crippen LogP contribution in [0.1, 0.15) is 6.92 Å².